The average Bonchev–Trinajstić information content (AvgIpc) is 3.10. The third kappa shape index (κ3) is 5.45. The van der Waals surface area contributed by atoms with E-state index in [4.69, 9.17) is 16.4 Å². The molecule has 1 aliphatic heterocycles. The van der Waals surface area contributed by atoms with Crippen molar-refractivity contribution in [3.8, 4) is 0 Å². The molecule has 0 radical (unpaired) electrons. The van der Waals surface area contributed by atoms with Gasteiger partial charge in [-0.3, -0.25) is 0 Å². The number of nitrogens with zero attached hydrogens (tertiary/aromatic N) is 2. The summed E-state index contributed by atoms with van der Waals surface area (Å²) in [7, 11) is 0. The second kappa shape index (κ2) is 9.06. The lowest BCUT2D eigenvalue weighted by Gasteiger charge is -2.26. The van der Waals surface area contributed by atoms with Crippen LogP contribution in [-0.2, 0) is 11.4 Å². The minimum Gasteiger partial charge on any atom is -0.390 e. The molecule has 1 heterocycles. The SMILES string of the molecule is CC(C)NC(=O)N(Cc1cccc(F)c1)C[C@H]1CC(c2ccc(Cl)cc2)=NO1. The zero-order chi connectivity index (χ0) is 20.1. The summed E-state index contributed by atoms with van der Waals surface area (Å²) in [4.78, 5) is 19.8. The Morgan fingerprint density at radius 1 is 1.32 bits per heavy atom. The third-order valence-electron chi connectivity index (χ3n) is 4.30. The van der Waals surface area contributed by atoms with Gasteiger partial charge in [0.05, 0.1) is 12.3 Å². The number of hydrogen-bond donors (Lipinski definition) is 1. The van der Waals surface area contributed by atoms with Crippen LogP contribution in [0.2, 0.25) is 5.02 Å². The smallest absolute Gasteiger partial charge is 0.318 e. The van der Waals surface area contributed by atoms with E-state index < -0.39 is 0 Å². The normalized spacial score (nSPS) is 15.9. The summed E-state index contributed by atoms with van der Waals surface area (Å²) in [5.74, 6) is -0.327. The van der Waals surface area contributed by atoms with E-state index >= 15 is 0 Å². The molecule has 1 aliphatic rings. The van der Waals surface area contributed by atoms with Crippen LogP contribution in [0, 0.1) is 5.82 Å². The Bertz CT molecular complexity index is 855. The van der Waals surface area contributed by atoms with Gasteiger partial charge in [-0.15, -0.1) is 0 Å². The Morgan fingerprint density at radius 3 is 2.75 bits per heavy atom. The maximum Gasteiger partial charge on any atom is 0.318 e. The first kappa shape index (κ1) is 20.1. The Kier molecular flexibility index (Phi) is 6.52. The van der Waals surface area contributed by atoms with Gasteiger partial charge in [0.25, 0.3) is 0 Å². The van der Waals surface area contributed by atoms with Gasteiger partial charge in [-0.2, -0.15) is 0 Å². The average molecular weight is 404 g/mol. The van der Waals surface area contributed by atoms with Crippen LogP contribution in [0.25, 0.3) is 0 Å². The van der Waals surface area contributed by atoms with E-state index in [0.29, 0.717) is 18.0 Å². The van der Waals surface area contributed by atoms with E-state index in [1.54, 1.807) is 29.2 Å². The number of halogens is 2. The summed E-state index contributed by atoms with van der Waals surface area (Å²) in [6.07, 6.45) is 0.313. The second-order valence-electron chi connectivity index (χ2n) is 7.09. The summed E-state index contributed by atoms with van der Waals surface area (Å²) in [5, 5.41) is 7.71. The predicted octanol–water partition coefficient (Wildman–Crippen LogP) is 4.59. The van der Waals surface area contributed by atoms with Crippen LogP contribution in [0.3, 0.4) is 0 Å². The molecule has 1 atom stereocenters. The van der Waals surface area contributed by atoms with Gasteiger partial charge in [-0.05, 0) is 49.2 Å². The number of urea groups is 1. The molecule has 0 bridgehead atoms. The molecule has 2 aromatic rings. The Labute approximate surface area is 169 Å². The van der Waals surface area contributed by atoms with Gasteiger partial charge in [-0.25, -0.2) is 9.18 Å². The predicted molar refractivity (Wildman–Crippen MR) is 108 cm³/mol. The van der Waals surface area contributed by atoms with Crippen LogP contribution in [-0.4, -0.2) is 35.3 Å². The van der Waals surface area contributed by atoms with Crippen LogP contribution in [0.5, 0.6) is 0 Å². The maximum atomic E-state index is 13.5. The molecule has 0 aliphatic carbocycles. The van der Waals surface area contributed by atoms with E-state index in [9.17, 15) is 9.18 Å². The van der Waals surface area contributed by atoms with Crippen LogP contribution in [0.1, 0.15) is 31.4 Å². The van der Waals surface area contributed by atoms with Crippen LogP contribution >= 0.6 is 11.6 Å². The van der Waals surface area contributed by atoms with Crippen LogP contribution in [0.15, 0.2) is 53.7 Å². The summed E-state index contributed by atoms with van der Waals surface area (Å²) in [6.45, 7) is 4.42. The van der Waals surface area contributed by atoms with Crippen molar-refractivity contribution in [1.82, 2.24) is 10.2 Å². The topological polar surface area (TPSA) is 53.9 Å². The van der Waals surface area contributed by atoms with Crippen molar-refractivity contribution >= 4 is 23.3 Å². The minimum atomic E-state index is -0.327. The highest BCUT2D eigenvalue weighted by Crippen LogP contribution is 2.20. The first-order chi connectivity index (χ1) is 13.4. The summed E-state index contributed by atoms with van der Waals surface area (Å²) in [5.41, 5.74) is 2.47. The Balaban J connectivity index is 1.67. The lowest BCUT2D eigenvalue weighted by molar-refractivity contribution is 0.0586. The van der Waals surface area contributed by atoms with E-state index in [0.717, 1.165) is 16.8 Å². The van der Waals surface area contributed by atoms with E-state index in [2.05, 4.69) is 10.5 Å². The van der Waals surface area contributed by atoms with Gasteiger partial charge in [0, 0.05) is 24.0 Å². The van der Waals surface area contributed by atoms with E-state index in [1.807, 2.05) is 26.0 Å². The van der Waals surface area contributed by atoms with Gasteiger partial charge in [0.2, 0.25) is 0 Å². The molecule has 0 unspecified atom stereocenters. The first-order valence-electron chi connectivity index (χ1n) is 9.19. The van der Waals surface area contributed by atoms with Crippen molar-refractivity contribution in [2.24, 2.45) is 5.16 Å². The Morgan fingerprint density at radius 2 is 2.07 bits per heavy atom. The van der Waals surface area contributed by atoms with Crippen molar-refractivity contribution in [2.45, 2.75) is 39.0 Å². The molecule has 1 N–H and O–H groups in total. The molecular weight excluding hydrogens is 381 g/mol. The number of benzene rings is 2. The molecule has 7 heteroatoms. The fourth-order valence-electron chi connectivity index (χ4n) is 3.00. The van der Waals surface area contributed by atoms with Gasteiger partial charge >= 0.3 is 6.03 Å². The molecule has 0 saturated heterocycles. The Hall–Kier alpha value is -2.60. The van der Waals surface area contributed by atoms with Crippen molar-refractivity contribution in [2.75, 3.05) is 6.54 Å². The van der Waals surface area contributed by atoms with E-state index in [-0.39, 0.29) is 30.5 Å². The fourth-order valence-corrected chi connectivity index (χ4v) is 3.12. The fraction of sp³-hybridized carbons (Fsp3) is 0.333. The van der Waals surface area contributed by atoms with Gasteiger partial charge in [0.1, 0.15) is 5.82 Å². The number of amides is 2. The lowest BCUT2D eigenvalue weighted by Crippen LogP contribution is -2.45. The standard InChI is InChI=1S/C21H23ClFN3O2/c1-14(2)24-21(27)26(12-15-4-3-5-18(23)10-15)13-19-11-20(25-28-19)16-6-8-17(22)9-7-16/h3-10,14,19H,11-13H2,1-2H3,(H,24,27)/t19-/m1/s1. The monoisotopic (exact) mass is 403 g/mol. The van der Waals surface area contributed by atoms with E-state index in [1.165, 1.54) is 12.1 Å². The molecular formula is C21H23ClFN3O2. The molecule has 2 amide bonds. The number of carbonyl (C=O) groups is 1. The summed E-state index contributed by atoms with van der Waals surface area (Å²) >= 11 is 5.93. The van der Waals surface area contributed by atoms with Crippen molar-refractivity contribution in [3.63, 3.8) is 0 Å². The highest BCUT2D eigenvalue weighted by Gasteiger charge is 2.27. The molecule has 0 spiro atoms. The third-order valence-corrected chi connectivity index (χ3v) is 4.55. The van der Waals surface area contributed by atoms with Gasteiger partial charge < -0.3 is 15.1 Å². The molecule has 148 valence electrons. The number of hydrogen-bond acceptors (Lipinski definition) is 3. The maximum absolute atomic E-state index is 13.5. The number of nitrogens with one attached hydrogen (secondary N) is 1. The quantitative estimate of drug-likeness (QED) is 0.766. The highest BCUT2D eigenvalue weighted by molar-refractivity contribution is 6.30. The molecule has 0 fully saturated rings. The molecule has 2 aromatic carbocycles. The zero-order valence-corrected chi connectivity index (χ0v) is 16.6. The summed E-state index contributed by atoms with van der Waals surface area (Å²) in [6, 6.07) is 13.4. The molecule has 0 saturated carbocycles. The zero-order valence-electron chi connectivity index (χ0n) is 15.9. The van der Waals surface area contributed by atoms with Gasteiger partial charge in [0.15, 0.2) is 6.10 Å². The molecule has 0 aromatic heterocycles. The van der Waals surface area contributed by atoms with Crippen LogP contribution < -0.4 is 5.32 Å². The van der Waals surface area contributed by atoms with Crippen molar-refractivity contribution < 1.29 is 14.0 Å². The van der Waals surface area contributed by atoms with Gasteiger partial charge in [-0.1, -0.05) is 41.0 Å². The van der Waals surface area contributed by atoms with Crippen LogP contribution in [0.4, 0.5) is 9.18 Å². The number of rotatable bonds is 6. The number of oxime groups is 1. The van der Waals surface area contributed by atoms with Crippen molar-refractivity contribution in [3.05, 3.63) is 70.5 Å². The second-order valence-corrected chi connectivity index (χ2v) is 7.53. The summed E-state index contributed by atoms with van der Waals surface area (Å²) < 4.78 is 13.5. The lowest BCUT2D eigenvalue weighted by atomic mass is 10.0. The largest absolute Gasteiger partial charge is 0.390 e. The van der Waals surface area contributed by atoms with Crippen molar-refractivity contribution in [1.29, 1.82) is 0 Å². The first-order valence-corrected chi connectivity index (χ1v) is 9.57. The minimum absolute atomic E-state index is 0.00659. The molecule has 3 rings (SSSR count). The molecule has 28 heavy (non-hydrogen) atoms. The highest BCUT2D eigenvalue weighted by atomic mass is 35.5. The number of carbonyl (C=O) groups excluding carboxylic acids is 1. The molecule has 5 nitrogen and oxygen atoms in total.